The molecule has 0 saturated carbocycles. The molecule has 0 aliphatic carbocycles. The van der Waals surface area contributed by atoms with Gasteiger partial charge in [0, 0.05) is 6.20 Å². The number of sulfonamides is 1. The van der Waals surface area contributed by atoms with E-state index in [0.717, 1.165) is 18.3 Å². The zero-order valence-corrected chi connectivity index (χ0v) is 11.7. The maximum atomic E-state index is 13.0. The van der Waals surface area contributed by atoms with Gasteiger partial charge in [0.25, 0.3) is 15.7 Å². The topological polar surface area (TPSA) is 102 Å². The van der Waals surface area contributed by atoms with E-state index < -0.39 is 26.5 Å². The number of anilines is 1. The van der Waals surface area contributed by atoms with E-state index in [1.54, 1.807) is 0 Å². The summed E-state index contributed by atoms with van der Waals surface area (Å²) in [6.07, 6.45) is 1.00. The zero-order valence-electron chi connectivity index (χ0n) is 10.2. The van der Waals surface area contributed by atoms with Crippen molar-refractivity contribution in [2.24, 2.45) is 0 Å². The first-order chi connectivity index (χ1) is 9.79. The molecule has 2 aromatic rings. The van der Waals surface area contributed by atoms with Crippen LogP contribution in [0.15, 0.2) is 41.4 Å². The Bertz CT molecular complexity index is 796. The van der Waals surface area contributed by atoms with Gasteiger partial charge < -0.3 is 0 Å². The summed E-state index contributed by atoms with van der Waals surface area (Å²) in [6.45, 7) is 0. The molecule has 1 aromatic heterocycles. The van der Waals surface area contributed by atoms with Crippen LogP contribution in [0, 0.1) is 15.9 Å². The van der Waals surface area contributed by atoms with Crippen LogP contribution in [0.2, 0.25) is 5.15 Å². The highest BCUT2D eigenvalue weighted by Crippen LogP contribution is 2.27. The van der Waals surface area contributed by atoms with Crippen LogP contribution < -0.4 is 4.72 Å². The minimum atomic E-state index is -4.10. The Hall–Kier alpha value is -2.26. The van der Waals surface area contributed by atoms with Crippen LogP contribution in [0.5, 0.6) is 0 Å². The maximum absolute atomic E-state index is 13.0. The first-order valence-electron chi connectivity index (χ1n) is 5.38. The Morgan fingerprint density at radius 2 is 2.00 bits per heavy atom. The second kappa shape index (κ2) is 5.62. The van der Waals surface area contributed by atoms with Gasteiger partial charge in [-0.15, -0.1) is 0 Å². The van der Waals surface area contributed by atoms with Gasteiger partial charge in [0.1, 0.15) is 21.6 Å². The number of nitro benzene ring substituents is 1. The Kier molecular flexibility index (Phi) is 4.05. The molecule has 0 aliphatic heterocycles. The number of hydrogen-bond acceptors (Lipinski definition) is 5. The predicted octanol–water partition coefficient (Wildman–Crippen LogP) is 2.58. The van der Waals surface area contributed by atoms with E-state index in [9.17, 15) is 22.9 Å². The Labute approximate surface area is 123 Å². The van der Waals surface area contributed by atoms with Gasteiger partial charge >= 0.3 is 0 Å². The van der Waals surface area contributed by atoms with Crippen molar-refractivity contribution in [1.29, 1.82) is 0 Å². The molecule has 0 radical (unpaired) electrons. The average molecular weight is 332 g/mol. The van der Waals surface area contributed by atoms with Gasteiger partial charge in [0.15, 0.2) is 0 Å². The summed E-state index contributed by atoms with van der Waals surface area (Å²) >= 11 is 5.55. The first-order valence-corrected chi connectivity index (χ1v) is 7.24. The Morgan fingerprint density at radius 3 is 2.57 bits per heavy atom. The van der Waals surface area contributed by atoms with E-state index in [4.69, 9.17) is 11.6 Å². The molecule has 10 heteroatoms. The smallest absolute Gasteiger partial charge is 0.273 e. The quantitative estimate of drug-likeness (QED) is 0.527. The fourth-order valence-electron chi connectivity index (χ4n) is 1.47. The predicted molar refractivity (Wildman–Crippen MR) is 73.1 cm³/mol. The molecule has 0 fully saturated rings. The third kappa shape index (κ3) is 3.44. The van der Waals surface area contributed by atoms with Crippen LogP contribution in [0.1, 0.15) is 0 Å². The largest absolute Gasteiger partial charge is 0.296 e. The second-order valence-electron chi connectivity index (χ2n) is 3.84. The van der Waals surface area contributed by atoms with Gasteiger partial charge in [0.05, 0.1) is 11.0 Å². The first kappa shape index (κ1) is 15.1. The van der Waals surface area contributed by atoms with E-state index in [-0.39, 0.29) is 15.7 Å². The van der Waals surface area contributed by atoms with Crippen LogP contribution in [-0.4, -0.2) is 18.3 Å². The number of aromatic nitrogens is 1. The van der Waals surface area contributed by atoms with Gasteiger partial charge in [0.2, 0.25) is 0 Å². The van der Waals surface area contributed by atoms with Gasteiger partial charge in [-0.25, -0.2) is 17.8 Å². The molecule has 21 heavy (non-hydrogen) atoms. The van der Waals surface area contributed by atoms with E-state index in [0.29, 0.717) is 6.07 Å². The molecule has 1 heterocycles. The van der Waals surface area contributed by atoms with Gasteiger partial charge in [-0.05, 0) is 24.3 Å². The Morgan fingerprint density at radius 1 is 1.29 bits per heavy atom. The minimum absolute atomic E-state index is 0.0988. The summed E-state index contributed by atoms with van der Waals surface area (Å²) in [5, 5.41) is 10.9. The molecule has 0 amide bonds. The SMILES string of the molecule is O=[N+]([O-])c1cc(F)ccc1NS(=O)(=O)c1ccc(Cl)nc1. The number of rotatable bonds is 4. The lowest BCUT2D eigenvalue weighted by atomic mass is 10.3. The molecule has 0 bridgehead atoms. The molecule has 0 aliphatic rings. The van der Waals surface area contributed by atoms with E-state index in [2.05, 4.69) is 4.98 Å². The number of hydrogen-bond donors (Lipinski definition) is 1. The summed E-state index contributed by atoms with van der Waals surface area (Å²) < 4.78 is 39.1. The van der Waals surface area contributed by atoms with Crippen molar-refractivity contribution >= 4 is 33.0 Å². The lowest BCUT2D eigenvalue weighted by Gasteiger charge is -2.08. The number of benzene rings is 1. The van der Waals surface area contributed by atoms with Crippen LogP contribution in [-0.2, 0) is 10.0 Å². The van der Waals surface area contributed by atoms with Crippen LogP contribution >= 0.6 is 11.6 Å². The number of nitrogens with zero attached hydrogens (tertiary/aromatic N) is 2. The monoisotopic (exact) mass is 331 g/mol. The normalized spacial score (nSPS) is 11.1. The molecule has 0 atom stereocenters. The van der Waals surface area contributed by atoms with Crippen LogP contribution in [0.25, 0.3) is 0 Å². The van der Waals surface area contributed by atoms with E-state index in [1.165, 1.54) is 12.1 Å². The van der Waals surface area contributed by atoms with Gasteiger partial charge in [-0.1, -0.05) is 11.6 Å². The zero-order chi connectivity index (χ0) is 15.6. The third-order valence-corrected chi connectivity index (χ3v) is 3.99. The fourth-order valence-corrected chi connectivity index (χ4v) is 2.60. The minimum Gasteiger partial charge on any atom is -0.273 e. The highest BCUT2D eigenvalue weighted by molar-refractivity contribution is 7.92. The maximum Gasteiger partial charge on any atom is 0.296 e. The summed E-state index contributed by atoms with van der Waals surface area (Å²) in [5.41, 5.74) is -1.04. The molecular weight excluding hydrogens is 325 g/mol. The average Bonchev–Trinajstić information content (AvgIpc) is 2.41. The standard InChI is InChI=1S/C11H7ClFN3O4S/c12-11-4-2-8(6-14-11)21(19,20)15-9-3-1-7(13)5-10(9)16(17)18/h1-6,15H. The van der Waals surface area contributed by atoms with Crippen molar-refractivity contribution in [3.63, 3.8) is 0 Å². The van der Waals surface area contributed by atoms with Crippen molar-refractivity contribution in [1.82, 2.24) is 4.98 Å². The van der Waals surface area contributed by atoms with Crippen molar-refractivity contribution in [3.8, 4) is 0 Å². The Balaban J connectivity index is 2.41. The van der Waals surface area contributed by atoms with Crippen molar-refractivity contribution in [2.45, 2.75) is 4.90 Å². The summed E-state index contributed by atoms with van der Waals surface area (Å²) in [5.74, 6) is -0.849. The number of nitrogens with one attached hydrogen (secondary N) is 1. The highest BCUT2D eigenvalue weighted by Gasteiger charge is 2.21. The summed E-state index contributed by atoms with van der Waals surface area (Å²) in [4.78, 5) is 13.3. The number of pyridine rings is 1. The third-order valence-electron chi connectivity index (χ3n) is 2.41. The van der Waals surface area contributed by atoms with Crippen molar-refractivity contribution in [2.75, 3.05) is 4.72 Å². The number of nitro groups is 1. The number of halogens is 2. The molecule has 1 N–H and O–H groups in total. The summed E-state index contributed by atoms with van der Waals surface area (Å²) in [6, 6.07) is 4.94. The highest BCUT2D eigenvalue weighted by atomic mass is 35.5. The molecule has 0 saturated heterocycles. The summed E-state index contributed by atoms with van der Waals surface area (Å²) in [7, 11) is -4.10. The molecular formula is C11H7ClFN3O4S. The molecule has 0 spiro atoms. The van der Waals surface area contributed by atoms with E-state index >= 15 is 0 Å². The van der Waals surface area contributed by atoms with Gasteiger partial charge in [-0.2, -0.15) is 0 Å². The lowest BCUT2D eigenvalue weighted by Crippen LogP contribution is -2.14. The van der Waals surface area contributed by atoms with Crippen LogP contribution in [0.3, 0.4) is 0 Å². The molecule has 7 nitrogen and oxygen atoms in total. The molecule has 2 rings (SSSR count). The van der Waals surface area contributed by atoms with Crippen LogP contribution in [0.4, 0.5) is 15.8 Å². The molecule has 110 valence electrons. The van der Waals surface area contributed by atoms with Crippen molar-refractivity contribution in [3.05, 3.63) is 57.6 Å². The van der Waals surface area contributed by atoms with Crippen molar-refractivity contribution < 1.29 is 17.7 Å². The molecule has 0 unspecified atom stereocenters. The van der Waals surface area contributed by atoms with Gasteiger partial charge in [-0.3, -0.25) is 14.8 Å². The molecule has 1 aromatic carbocycles. The fraction of sp³-hybridized carbons (Fsp3) is 0. The second-order valence-corrected chi connectivity index (χ2v) is 5.91. The van der Waals surface area contributed by atoms with E-state index in [1.807, 2.05) is 4.72 Å². The lowest BCUT2D eigenvalue weighted by molar-refractivity contribution is -0.384.